The Bertz CT molecular complexity index is 856. The maximum Gasteiger partial charge on any atom is 0.242 e. The average molecular weight is 335 g/mol. The lowest BCUT2D eigenvalue weighted by molar-refractivity contribution is 0.580. The Kier molecular flexibility index (Phi) is 4.06. The first kappa shape index (κ1) is 14.9. The first-order chi connectivity index (χ1) is 10.6. The monoisotopic (exact) mass is 335 g/mol. The van der Waals surface area contributed by atoms with Crippen LogP contribution in [0.1, 0.15) is 10.6 Å². The molecule has 8 heteroatoms. The second-order valence-corrected chi connectivity index (χ2v) is 7.37. The van der Waals surface area contributed by atoms with E-state index in [1.165, 1.54) is 29.8 Å². The molecule has 0 aliphatic heterocycles. The number of sulfonamides is 1. The van der Waals surface area contributed by atoms with Gasteiger partial charge in [-0.05, 0) is 31.2 Å². The topological polar surface area (TPSA) is 85.1 Å². The lowest BCUT2D eigenvalue weighted by Gasteiger charge is -2.05. The highest BCUT2D eigenvalue weighted by Gasteiger charge is 2.16. The van der Waals surface area contributed by atoms with Gasteiger partial charge in [-0.2, -0.15) is 0 Å². The lowest BCUT2D eigenvalue weighted by atomic mass is 10.4. The van der Waals surface area contributed by atoms with Gasteiger partial charge >= 0.3 is 0 Å². The van der Waals surface area contributed by atoms with Crippen LogP contribution in [0.25, 0.3) is 10.8 Å². The van der Waals surface area contributed by atoms with Crippen LogP contribution >= 0.6 is 11.3 Å². The Labute approximate surface area is 131 Å². The maximum absolute atomic E-state index is 12.2. The summed E-state index contributed by atoms with van der Waals surface area (Å²) >= 11 is 1.41. The fraction of sp³-hybridized carbons (Fsp3) is 0.143. The second kappa shape index (κ2) is 5.99. The van der Waals surface area contributed by atoms with Crippen LogP contribution in [-0.4, -0.2) is 18.4 Å². The van der Waals surface area contributed by atoms with Crippen molar-refractivity contribution in [2.75, 3.05) is 0 Å². The van der Waals surface area contributed by atoms with E-state index in [1.54, 1.807) is 18.4 Å². The van der Waals surface area contributed by atoms with Crippen molar-refractivity contribution in [1.29, 1.82) is 0 Å². The van der Waals surface area contributed by atoms with Gasteiger partial charge in [0.15, 0.2) is 10.8 Å². The predicted molar refractivity (Wildman–Crippen MR) is 82.8 cm³/mol. The highest BCUT2D eigenvalue weighted by atomic mass is 32.2. The Morgan fingerprint density at radius 1 is 1.32 bits per heavy atom. The molecule has 0 unspecified atom stereocenters. The zero-order valence-electron chi connectivity index (χ0n) is 11.7. The molecule has 0 spiro atoms. The van der Waals surface area contributed by atoms with Gasteiger partial charge in [-0.25, -0.2) is 18.1 Å². The largest absolute Gasteiger partial charge is 0.462 e. The number of nitrogens with zero attached hydrogens (tertiary/aromatic N) is 2. The molecule has 0 atom stereocenters. The summed E-state index contributed by atoms with van der Waals surface area (Å²) in [5.41, 5.74) is 0.783. The molecule has 3 aromatic heterocycles. The Morgan fingerprint density at radius 3 is 2.86 bits per heavy atom. The van der Waals surface area contributed by atoms with Gasteiger partial charge in [0.1, 0.15) is 4.90 Å². The molecule has 0 aromatic carbocycles. The minimum absolute atomic E-state index is 0.142. The Morgan fingerprint density at radius 2 is 2.18 bits per heavy atom. The summed E-state index contributed by atoms with van der Waals surface area (Å²) in [6, 6.07) is 6.70. The number of hydrogen-bond acceptors (Lipinski definition) is 6. The number of pyridine rings is 1. The molecule has 0 aliphatic carbocycles. The quantitative estimate of drug-likeness (QED) is 0.774. The zero-order chi connectivity index (χ0) is 15.6. The first-order valence-electron chi connectivity index (χ1n) is 6.46. The van der Waals surface area contributed by atoms with Crippen molar-refractivity contribution >= 4 is 21.4 Å². The third-order valence-corrected chi connectivity index (χ3v) is 5.55. The SMILES string of the molecule is Cc1nc(-c2ccco2)sc1CNS(=O)(=O)c1cccnc1. The molecule has 3 aromatic rings. The van der Waals surface area contributed by atoms with Crippen LogP contribution < -0.4 is 4.72 Å². The van der Waals surface area contributed by atoms with E-state index in [-0.39, 0.29) is 11.4 Å². The lowest BCUT2D eigenvalue weighted by Crippen LogP contribution is -2.23. The molecule has 3 heterocycles. The number of aromatic nitrogens is 2. The minimum atomic E-state index is -3.58. The third kappa shape index (κ3) is 3.08. The molecule has 0 amide bonds. The summed E-state index contributed by atoms with van der Waals surface area (Å²) in [4.78, 5) is 9.21. The Balaban J connectivity index is 1.77. The summed E-state index contributed by atoms with van der Waals surface area (Å²) in [6.07, 6.45) is 4.43. The van der Waals surface area contributed by atoms with Crippen molar-refractivity contribution < 1.29 is 12.8 Å². The molecule has 0 saturated carbocycles. The van der Waals surface area contributed by atoms with E-state index in [1.807, 2.05) is 13.0 Å². The number of aryl methyl sites for hydroxylation is 1. The molecule has 1 N–H and O–H groups in total. The molecular weight excluding hydrogens is 322 g/mol. The van der Waals surface area contributed by atoms with Crippen LogP contribution in [0.3, 0.4) is 0 Å². The van der Waals surface area contributed by atoms with E-state index in [9.17, 15) is 8.42 Å². The average Bonchev–Trinajstić information content (AvgIpc) is 3.16. The maximum atomic E-state index is 12.2. The van der Waals surface area contributed by atoms with E-state index in [4.69, 9.17) is 4.42 Å². The van der Waals surface area contributed by atoms with Crippen LogP contribution in [0.2, 0.25) is 0 Å². The van der Waals surface area contributed by atoms with Crippen molar-refractivity contribution in [2.24, 2.45) is 0 Å². The fourth-order valence-corrected chi connectivity index (χ4v) is 3.87. The molecule has 0 bridgehead atoms. The highest BCUT2D eigenvalue weighted by molar-refractivity contribution is 7.89. The Hall–Kier alpha value is -2.03. The summed E-state index contributed by atoms with van der Waals surface area (Å²) in [5.74, 6) is 0.675. The summed E-state index contributed by atoms with van der Waals surface area (Å²) in [7, 11) is -3.58. The van der Waals surface area contributed by atoms with Crippen LogP contribution in [0.4, 0.5) is 0 Å². The number of hydrogen-bond donors (Lipinski definition) is 1. The van der Waals surface area contributed by atoms with Crippen LogP contribution in [0.5, 0.6) is 0 Å². The molecule has 0 fully saturated rings. The smallest absolute Gasteiger partial charge is 0.242 e. The van der Waals surface area contributed by atoms with Crippen molar-refractivity contribution in [3.05, 3.63) is 53.5 Å². The van der Waals surface area contributed by atoms with Crippen molar-refractivity contribution in [3.8, 4) is 10.8 Å². The summed E-state index contributed by atoms with van der Waals surface area (Å²) in [5, 5.41) is 0.734. The standard InChI is InChI=1S/C14H13N3O3S2/c1-10-13(21-14(17-10)12-5-3-7-20-12)9-16-22(18,19)11-4-2-6-15-8-11/h2-8,16H,9H2,1H3. The predicted octanol–water partition coefficient (Wildman–Crippen LogP) is 2.59. The molecule has 114 valence electrons. The van der Waals surface area contributed by atoms with Crippen LogP contribution in [0, 0.1) is 6.92 Å². The van der Waals surface area contributed by atoms with Gasteiger partial charge in [-0.15, -0.1) is 11.3 Å². The zero-order valence-corrected chi connectivity index (χ0v) is 13.3. The molecule has 22 heavy (non-hydrogen) atoms. The van der Waals surface area contributed by atoms with Crippen LogP contribution in [-0.2, 0) is 16.6 Å². The van der Waals surface area contributed by atoms with Gasteiger partial charge in [-0.1, -0.05) is 0 Å². The first-order valence-corrected chi connectivity index (χ1v) is 8.76. The third-order valence-electron chi connectivity index (χ3n) is 2.99. The van der Waals surface area contributed by atoms with Gasteiger partial charge in [-0.3, -0.25) is 4.98 Å². The highest BCUT2D eigenvalue weighted by Crippen LogP contribution is 2.28. The van der Waals surface area contributed by atoms with Crippen molar-refractivity contribution in [3.63, 3.8) is 0 Å². The van der Waals surface area contributed by atoms with E-state index in [0.717, 1.165) is 15.6 Å². The van der Waals surface area contributed by atoms with E-state index < -0.39 is 10.0 Å². The van der Waals surface area contributed by atoms with E-state index in [0.29, 0.717) is 5.76 Å². The number of thiazole rings is 1. The molecule has 6 nitrogen and oxygen atoms in total. The molecule has 3 rings (SSSR count). The minimum Gasteiger partial charge on any atom is -0.462 e. The normalized spacial score (nSPS) is 11.7. The van der Waals surface area contributed by atoms with Crippen molar-refractivity contribution in [2.45, 2.75) is 18.4 Å². The number of furan rings is 1. The van der Waals surface area contributed by atoms with Gasteiger partial charge in [0.05, 0.1) is 12.0 Å². The van der Waals surface area contributed by atoms with E-state index in [2.05, 4.69) is 14.7 Å². The van der Waals surface area contributed by atoms with Gasteiger partial charge in [0, 0.05) is 23.8 Å². The summed E-state index contributed by atoms with van der Waals surface area (Å²) < 4.78 is 32.2. The van der Waals surface area contributed by atoms with Crippen molar-refractivity contribution in [1.82, 2.24) is 14.7 Å². The van der Waals surface area contributed by atoms with Gasteiger partial charge in [0.2, 0.25) is 10.0 Å². The molecule has 0 saturated heterocycles. The van der Waals surface area contributed by atoms with E-state index >= 15 is 0 Å². The molecular formula is C14H13N3O3S2. The van der Waals surface area contributed by atoms with Gasteiger partial charge in [0.25, 0.3) is 0 Å². The molecule has 0 aliphatic rings. The van der Waals surface area contributed by atoms with Crippen LogP contribution in [0.15, 0.2) is 52.2 Å². The van der Waals surface area contributed by atoms with Gasteiger partial charge < -0.3 is 4.42 Å². The summed E-state index contributed by atoms with van der Waals surface area (Å²) in [6.45, 7) is 2.03. The number of nitrogens with one attached hydrogen (secondary N) is 1. The fourth-order valence-electron chi connectivity index (χ4n) is 1.85. The molecule has 0 radical (unpaired) electrons. The number of rotatable bonds is 5. The second-order valence-electron chi connectivity index (χ2n) is 4.52.